The number of amides is 1. The van der Waals surface area contributed by atoms with E-state index in [1.165, 1.54) is 12.0 Å². The average molecular weight is 249 g/mol. The monoisotopic (exact) mass is 249 g/mol. The summed E-state index contributed by atoms with van der Waals surface area (Å²) in [5.74, 6) is -0.417. The quantitative estimate of drug-likeness (QED) is 0.602. The Balaban J connectivity index is 1.86. The fourth-order valence-corrected chi connectivity index (χ4v) is 1.73. The molecule has 1 amide bonds. The van der Waals surface area contributed by atoms with E-state index in [4.69, 9.17) is 4.74 Å². The summed E-state index contributed by atoms with van der Waals surface area (Å²) in [7, 11) is 1.30. The number of hydrogen-bond donors (Lipinski definition) is 0. The summed E-state index contributed by atoms with van der Waals surface area (Å²) in [5, 5.41) is 0. The van der Waals surface area contributed by atoms with Crippen LogP contribution in [0.15, 0.2) is 30.3 Å². The van der Waals surface area contributed by atoms with Crippen molar-refractivity contribution >= 4 is 12.1 Å². The predicted molar refractivity (Wildman–Crippen MR) is 63.8 cm³/mol. The Kier molecular flexibility index (Phi) is 3.23. The zero-order valence-corrected chi connectivity index (χ0v) is 10.4. The van der Waals surface area contributed by atoms with Crippen LogP contribution in [0.1, 0.15) is 12.5 Å². The molecule has 0 aromatic heterocycles. The van der Waals surface area contributed by atoms with Crippen LogP contribution in [-0.2, 0) is 20.9 Å². The lowest BCUT2D eigenvalue weighted by molar-refractivity contribution is -0.144. The molecule has 18 heavy (non-hydrogen) atoms. The van der Waals surface area contributed by atoms with Gasteiger partial charge in [0.1, 0.15) is 6.61 Å². The average Bonchev–Trinajstić information content (AvgIpc) is 3.10. The lowest BCUT2D eigenvalue weighted by Gasteiger charge is -2.10. The van der Waals surface area contributed by atoms with Gasteiger partial charge in [-0.2, -0.15) is 0 Å². The molecule has 1 aliphatic rings. The van der Waals surface area contributed by atoms with E-state index in [1.807, 2.05) is 30.3 Å². The topological polar surface area (TPSA) is 55.6 Å². The first-order valence-electron chi connectivity index (χ1n) is 5.64. The van der Waals surface area contributed by atoms with Gasteiger partial charge in [0.15, 0.2) is 5.54 Å². The molecule has 1 atom stereocenters. The number of rotatable bonds is 3. The largest absolute Gasteiger partial charge is 0.467 e. The van der Waals surface area contributed by atoms with Gasteiger partial charge in [-0.15, -0.1) is 0 Å². The van der Waals surface area contributed by atoms with Gasteiger partial charge >= 0.3 is 12.1 Å². The van der Waals surface area contributed by atoms with Crippen molar-refractivity contribution in [3.8, 4) is 0 Å². The van der Waals surface area contributed by atoms with Gasteiger partial charge in [0.05, 0.1) is 13.7 Å². The van der Waals surface area contributed by atoms with Gasteiger partial charge in [0, 0.05) is 0 Å². The molecule has 5 heteroatoms. The zero-order chi connectivity index (χ0) is 13.2. The molecule has 0 bridgehead atoms. The van der Waals surface area contributed by atoms with Gasteiger partial charge < -0.3 is 9.47 Å². The smallest absolute Gasteiger partial charge is 0.411 e. The highest BCUT2D eigenvalue weighted by atomic mass is 16.6. The first-order valence-corrected chi connectivity index (χ1v) is 5.64. The van der Waals surface area contributed by atoms with E-state index >= 15 is 0 Å². The molecule has 1 saturated heterocycles. The molecule has 1 aliphatic heterocycles. The predicted octanol–water partition coefficient (Wildman–Crippen LogP) is 1.57. The SMILES string of the molecule is COC(=O)C1(C)CN1C(=O)OCc1ccccc1. The fraction of sp³-hybridized carbons (Fsp3) is 0.385. The van der Waals surface area contributed by atoms with Crippen molar-refractivity contribution in [2.24, 2.45) is 0 Å². The van der Waals surface area contributed by atoms with Crippen LogP contribution >= 0.6 is 0 Å². The Morgan fingerprint density at radius 1 is 1.33 bits per heavy atom. The molecule has 1 aromatic carbocycles. The second-order valence-corrected chi connectivity index (χ2v) is 4.39. The highest BCUT2D eigenvalue weighted by molar-refractivity contribution is 5.91. The summed E-state index contributed by atoms with van der Waals surface area (Å²) >= 11 is 0. The van der Waals surface area contributed by atoms with Gasteiger partial charge in [-0.1, -0.05) is 30.3 Å². The van der Waals surface area contributed by atoms with E-state index < -0.39 is 17.6 Å². The van der Waals surface area contributed by atoms with E-state index in [-0.39, 0.29) is 6.61 Å². The normalized spacial score (nSPS) is 21.3. The van der Waals surface area contributed by atoms with Crippen molar-refractivity contribution in [2.45, 2.75) is 19.1 Å². The Hall–Kier alpha value is -2.04. The summed E-state index contributed by atoms with van der Waals surface area (Å²) in [4.78, 5) is 24.5. The van der Waals surface area contributed by atoms with Crippen molar-refractivity contribution in [2.75, 3.05) is 13.7 Å². The summed E-state index contributed by atoms with van der Waals surface area (Å²) in [5.41, 5.74) is 0.0511. The minimum atomic E-state index is -0.859. The number of carbonyl (C=O) groups excluding carboxylic acids is 2. The van der Waals surface area contributed by atoms with E-state index in [0.29, 0.717) is 6.54 Å². The summed E-state index contributed by atoms with van der Waals surface area (Å²) < 4.78 is 9.75. The molecule has 0 saturated carbocycles. The van der Waals surface area contributed by atoms with Gasteiger partial charge in [0.25, 0.3) is 0 Å². The molecule has 1 aromatic rings. The Labute approximate surface area is 105 Å². The number of ether oxygens (including phenoxy) is 2. The van der Waals surface area contributed by atoms with Crippen LogP contribution in [0.5, 0.6) is 0 Å². The first kappa shape index (κ1) is 12.4. The van der Waals surface area contributed by atoms with Crippen LogP contribution in [0.2, 0.25) is 0 Å². The third kappa shape index (κ3) is 2.30. The number of hydrogen-bond acceptors (Lipinski definition) is 4. The highest BCUT2D eigenvalue weighted by Gasteiger charge is 2.59. The molecule has 5 nitrogen and oxygen atoms in total. The van der Waals surface area contributed by atoms with Crippen molar-refractivity contribution in [1.82, 2.24) is 4.90 Å². The third-order valence-corrected chi connectivity index (χ3v) is 3.01. The molecule has 2 rings (SSSR count). The summed E-state index contributed by atoms with van der Waals surface area (Å²) in [6.45, 7) is 2.20. The Morgan fingerprint density at radius 2 is 2.00 bits per heavy atom. The molecule has 0 aliphatic carbocycles. The van der Waals surface area contributed by atoms with Crippen molar-refractivity contribution in [3.05, 3.63) is 35.9 Å². The maximum atomic E-state index is 11.7. The van der Waals surface area contributed by atoms with E-state index in [2.05, 4.69) is 4.74 Å². The standard InChI is InChI=1S/C13H15NO4/c1-13(11(15)17-2)9-14(13)12(16)18-8-10-6-4-3-5-7-10/h3-7H,8-9H2,1-2H3. The van der Waals surface area contributed by atoms with Gasteiger partial charge in [-0.25, -0.2) is 9.59 Å². The lowest BCUT2D eigenvalue weighted by atomic mass is 10.2. The zero-order valence-electron chi connectivity index (χ0n) is 10.4. The third-order valence-electron chi connectivity index (χ3n) is 3.01. The van der Waals surface area contributed by atoms with Gasteiger partial charge in [-0.3, -0.25) is 4.90 Å². The van der Waals surface area contributed by atoms with E-state index in [9.17, 15) is 9.59 Å². The Morgan fingerprint density at radius 3 is 2.61 bits per heavy atom. The minimum absolute atomic E-state index is 0.202. The second kappa shape index (κ2) is 4.68. The van der Waals surface area contributed by atoms with Gasteiger partial charge in [-0.05, 0) is 12.5 Å². The van der Waals surface area contributed by atoms with Gasteiger partial charge in [0.2, 0.25) is 0 Å². The Bertz CT molecular complexity index is 459. The number of benzene rings is 1. The van der Waals surface area contributed by atoms with Crippen molar-refractivity contribution < 1.29 is 19.1 Å². The number of esters is 1. The molecule has 96 valence electrons. The van der Waals surface area contributed by atoms with Crippen LogP contribution in [-0.4, -0.2) is 36.2 Å². The molecule has 0 N–H and O–H groups in total. The highest BCUT2D eigenvalue weighted by Crippen LogP contribution is 2.33. The molecule has 0 radical (unpaired) electrons. The maximum Gasteiger partial charge on any atom is 0.411 e. The fourth-order valence-electron chi connectivity index (χ4n) is 1.73. The van der Waals surface area contributed by atoms with Crippen LogP contribution in [0.25, 0.3) is 0 Å². The first-order chi connectivity index (χ1) is 8.58. The molecule has 1 fully saturated rings. The van der Waals surface area contributed by atoms with Crippen LogP contribution in [0.3, 0.4) is 0 Å². The number of methoxy groups -OCH3 is 1. The minimum Gasteiger partial charge on any atom is -0.467 e. The summed E-state index contributed by atoms with van der Waals surface area (Å²) in [6, 6.07) is 9.38. The van der Waals surface area contributed by atoms with Crippen molar-refractivity contribution in [3.63, 3.8) is 0 Å². The molecular weight excluding hydrogens is 234 g/mol. The van der Waals surface area contributed by atoms with E-state index in [0.717, 1.165) is 5.56 Å². The van der Waals surface area contributed by atoms with Crippen molar-refractivity contribution in [1.29, 1.82) is 0 Å². The molecule has 0 spiro atoms. The molecule has 1 unspecified atom stereocenters. The number of nitrogens with zero attached hydrogens (tertiary/aromatic N) is 1. The maximum absolute atomic E-state index is 11.7. The van der Waals surface area contributed by atoms with E-state index in [1.54, 1.807) is 6.92 Å². The molecule has 1 heterocycles. The molecular formula is C13H15NO4. The lowest BCUT2D eigenvalue weighted by Crippen LogP contribution is -2.30. The van der Waals surface area contributed by atoms with Crippen LogP contribution in [0, 0.1) is 0 Å². The second-order valence-electron chi connectivity index (χ2n) is 4.39. The summed E-state index contributed by atoms with van der Waals surface area (Å²) in [6.07, 6.45) is -0.494. The van der Waals surface area contributed by atoms with Crippen LogP contribution in [0.4, 0.5) is 4.79 Å². The number of carbonyl (C=O) groups is 2. The van der Waals surface area contributed by atoms with Crippen LogP contribution < -0.4 is 0 Å².